The summed E-state index contributed by atoms with van der Waals surface area (Å²) in [6, 6.07) is 12.2. The predicted molar refractivity (Wildman–Crippen MR) is 146 cm³/mol. The van der Waals surface area contributed by atoms with Gasteiger partial charge in [0, 0.05) is 54.5 Å². The number of halogens is 1. The fraction of sp³-hybridized carbons (Fsp3) is 0.379. The molecule has 2 N–H and O–H groups in total. The standard InChI is InChI=1S/C29H29FN6O2S/c1-35-25(12-23(34-35)24-15-39-16-32-24)28(37)36-13-20-21(14-36)27(20)38-26-11-18(29(31)8-2-3-9-29)10-22(33-26)17-4-6-19(30)7-5-17/h4-7,10-12,15-16,20-21,27H,2-3,8-9,13-14,31H2,1H3/t20-,21+,27?. The molecule has 4 heterocycles. The van der Waals surface area contributed by atoms with Crippen molar-refractivity contribution >= 4 is 17.2 Å². The summed E-state index contributed by atoms with van der Waals surface area (Å²) in [5, 5.41) is 6.40. The van der Waals surface area contributed by atoms with E-state index in [1.165, 1.54) is 23.5 Å². The number of carbonyl (C=O) groups excluding carboxylic acids is 1. The number of benzene rings is 1. The number of amides is 1. The van der Waals surface area contributed by atoms with Crippen molar-refractivity contribution in [3.8, 4) is 28.5 Å². The third-order valence-corrected chi connectivity index (χ3v) is 9.05. The molecule has 0 bridgehead atoms. The van der Waals surface area contributed by atoms with Gasteiger partial charge in [0.25, 0.3) is 5.91 Å². The average Bonchev–Trinajstić information content (AvgIpc) is 3.57. The maximum atomic E-state index is 13.6. The number of piperidine rings is 1. The van der Waals surface area contributed by atoms with Crippen LogP contribution in [0.25, 0.3) is 22.6 Å². The number of nitrogens with two attached hydrogens (primary N) is 1. The molecule has 3 aliphatic rings. The quantitative estimate of drug-likeness (QED) is 0.380. The maximum absolute atomic E-state index is 13.6. The zero-order valence-corrected chi connectivity index (χ0v) is 22.4. The second kappa shape index (κ2) is 9.24. The summed E-state index contributed by atoms with van der Waals surface area (Å²) in [6.07, 6.45) is 4.04. The molecule has 8 nitrogen and oxygen atoms in total. The van der Waals surface area contributed by atoms with Gasteiger partial charge in [-0.3, -0.25) is 9.48 Å². The molecule has 200 valence electrons. The van der Waals surface area contributed by atoms with E-state index in [1.807, 2.05) is 28.5 Å². The van der Waals surface area contributed by atoms with Gasteiger partial charge in [-0.25, -0.2) is 14.4 Å². The average molecular weight is 545 g/mol. The highest BCUT2D eigenvalue weighted by atomic mass is 32.1. The van der Waals surface area contributed by atoms with Crippen molar-refractivity contribution in [3.63, 3.8) is 0 Å². The number of thiazole rings is 1. The van der Waals surface area contributed by atoms with Crippen LogP contribution < -0.4 is 10.5 Å². The Morgan fingerprint density at radius 2 is 1.82 bits per heavy atom. The number of hydrogen-bond acceptors (Lipinski definition) is 7. The number of fused-ring (bicyclic) bond motifs is 1. The number of carbonyl (C=O) groups is 1. The van der Waals surface area contributed by atoms with Crippen LogP contribution in [0.2, 0.25) is 0 Å². The molecule has 2 aliphatic carbocycles. The van der Waals surface area contributed by atoms with E-state index in [0.29, 0.717) is 30.4 Å². The first-order chi connectivity index (χ1) is 18.9. The summed E-state index contributed by atoms with van der Waals surface area (Å²) < 4.78 is 21.6. The molecular weight excluding hydrogens is 515 g/mol. The minimum atomic E-state index is -0.404. The summed E-state index contributed by atoms with van der Waals surface area (Å²) in [7, 11) is 1.79. The molecule has 7 rings (SSSR count). The van der Waals surface area contributed by atoms with Gasteiger partial charge in [-0.2, -0.15) is 5.10 Å². The van der Waals surface area contributed by atoms with Gasteiger partial charge >= 0.3 is 0 Å². The molecular formula is C29H29FN6O2S. The topological polar surface area (TPSA) is 99.2 Å². The van der Waals surface area contributed by atoms with Crippen LogP contribution in [-0.2, 0) is 12.6 Å². The van der Waals surface area contributed by atoms with Crippen molar-refractivity contribution in [1.29, 1.82) is 0 Å². The Morgan fingerprint density at radius 3 is 2.51 bits per heavy atom. The molecule has 1 aliphatic heterocycles. The maximum Gasteiger partial charge on any atom is 0.272 e. The van der Waals surface area contributed by atoms with Crippen LogP contribution in [0.5, 0.6) is 5.88 Å². The molecule has 3 atom stereocenters. The highest BCUT2D eigenvalue weighted by Crippen LogP contribution is 2.48. The van der Waals surface area contributed by atoms with Crippen LogP contribution in [-0.4, -0.2) is 49.7 Å². The highest BCUT2D eigenvalue weighted by molar-refractivity contribution is 7.07. The summed E-state index contributed by atoms with van der Waals surface area (Å²) in [4.78, 5) is 24.3. The Kier molecular flexibility index (Phi) is 5.78. The van der Waals surface area contributed by atoms with Gasteiger partial charge in [-0.1, -0.05) is 12.8 Å². The zero-order valence-electron chi connectivity index (χ0n) is 21.6. The van der Waals surface area contributed by atoms with Crippen LogP contribution in [0.1, 0.15) is 41.7 Å². The van der Waals surface area contributed by atoms with Crippen molar-refractivity contribution in [2.24, 2.45) is 24.6 Å². The molecule has 3 fully saturated rings. The van der Waals surface area contributed by atoms with Crippen molar-refractivity contribution in [2.75, 3.05) is 13.1 Å². The number of hydrogen-bond donors (Lipinski definition) is 1. The number of likely N-dealkylation sites (tertiary alicyclic amines) is 1. The van der Waals surface area contributed by atoms with Gasteiger partial charge in [-0.05, 0) is 54.8 Å². The number of aryl methyl sites for hydroxylation is 1. The van der Waals surface area contributed by atoms with Gasteiger partial charge in [0.15, 0.2) is 0 Å². The van der Waals surface area contributed by atoms with Crippen molar-refractivity contribution in [3.05, 3.63) is 70.4 Å². The lowest BCUT2D eigenvalue weighted by molar-refractivity contribution is 0.0740. The summed E-state index contributed by atoms with van der Waals surface area (Å²) in [6.45, 7) is 1.27. The first-order valence-electron chi connectivity index (χ1n) is 13.3. The minimum Gasteiger partial charge on any atom is -0.474 e. The summed E-state index contributed by atoms with van der Waals surface area (Å²) in [5.41, 5.74) is 12.8. The molecule has 39 heavy (non-hydrogen) atoms. The fourth-order valence-corrected chi connectivity index (χ4v) is 6.71. The lowest BCUT2D eigenvalue weighted by atomic mass is 9.89. The Labute approximate surface area is 229 Å². The van der Waals surface area contributed by atoms with E-state index in [1.54, 1.807) is 29.4 Å². The number of nitrogens with zero attached hydrogens (tertiary/aromatic N) is 5. The van der Waals surface area contributed by atoms with Gasteiger partial charge < -0.3 is 15.4 Å². The Bertz CT molecular complexity index is 1520. The van der Waals surface area contributed by atoms with Crippen LogP contribution in [0.15, 0.2) is 53.4 Å². The first-order valence-corrected chi connectivity index (χ1v) is 14.3. The number of ether oxygens (including phenoxy) is 1. The number of aromatic nitrogens is 4. The monoisotopic (exact) mass is 544 g/mol. The smallest absolute Gasteiger partial charge is 0.272 e. The van der Waals surface area contributed by atoms with E-state index in [9.17, 15) is 9.18 Å². The summed E-state index contributed by atoms with van der Waals surface area (Å²) in [5.74, 6) is 0.757. The minimum absolute atomic E-state index is 0.00674. The number of pyridine rings is 1. The van der Waals surface area contributed by atoms with Crippen LogP contribution in [0, 0.1) is 17.7 Å². The van der Waals surface area contributed by atoms with Gasteiger partial charge in [0.05, 0.1) is 11.2 Å². The van der Waals surface area contributed by atoms with E-state index in [0.717, 1.165) is 48.2 Å². The SMILES string of the molecule is Cn1nc(-c2cscn2)cc1C(=O)N1C[C@@H]2C(Oc3cc(C4(N)CCCC4)cc(-c4ccc(F)cc4)n3)[C@@H]2C1. The first kappa shape index (κ1) is 24.4. The normalized spacial score (nSPS) is 23.2. The van der Waals surface area contributed by atoms with Gasteiger partial charge in [0.1, 0.15) is 29.0 Å². The third-order valence-electron chi connectivity index (χ3n) is 8.47. The largest absolute Gasteiger partial charge is 0.474 e. The van der Waals surface area contributed by atoms with E-state index >= 15 is 0 Å². The Morgan fingerprint density at radius 1 is 1.08 bits per heavy atom. The van der Waals surface area contributed by atoms with Crippen LogP contribution >= 0.6 is 11.3 Å². The Balaban J connectivity index is 1.07. The number of rotatable bonds is 6. The molecule has 10 heteroatoms. The van der Waals surface area contributed by atoms with E-state index in [4.69, 9.17) is 15.5 Å². The molecule has 4 aromatic rings. The lowest BCUT2D eigenvalue weighted by Crippen LogP contribution is -2.34. The molecule has 1 saturated heterocycles. The molecule has 3 aromatic heterocycles. The summed E-state index contributed by atoms with van der Waals surface area (Å²) >= 11 is 1.50. The molecule has 0 spiro atoms. The van der Waals surface area contributed by atoms with Crippen LogP contribution in [0.4, 0.5) is 4.39 Å². The van der Waals surface area contributed by atoms with Crippen molar-refractivity contribution < 1.29 is 13.9 Å². The molecule has 1 aromatic carbocycles. The molecule has 1 amide bonds. The lowest BCUT2D eigenvalue weighted by Gasteiger charge is -2.25. The highest BCUT2D eigenvalue weighted by Gasteiger charge is 2.59. The van der Waals surface area contributed by atoms with E-state index in [-0.39, 0.29) is 29.7 Å². The zero-order chi connectivity index (χ0) is 26.7. The van der Waals surface area contributed by atoms with E-state index in [2.05, 4.69) is 10.1 Å². The second-order valence-corrected chi connectivity index (χ2v) is 11.7. The van der Waals surface area contributed by atoms with E-state index < -0.39 is 5.54 Å². The predicted octanol–water partition coefficient (Wildman–Crippen LogP) is 4.62. The van der Waals surface area contributed by atoms with Gasteiger partial charge in [-0.15, -0.1) is 11.3 Å². The molecule has 1 unspecified atom stereocenters. The van der Waals surface area contributed by atoms with Crippen LogP contribution in [0.3, 0.4) is 0 Å². The Hall–Kier alpha value is -3.63. The van der Waals surface area contributed by atoms with Crippen molar-refractivity contribution in [2.45, 2.75) is 37.3 Å². The fourth-order valence-electron chi connectivity index (χ4n) is 6.16. The third kappa shape index (κ3) is 4.41. The molecule has 2 saturated carbocycles. The van der Waals surface area contributed by atoms with Crippen molar-refractivity contribution in [1.82, 2.24) is 24.6 Å². The van der Waals surface area contributed by atoms with Gasteiger partial charge in [0.2, 0.25) is 5.88 Å². The molecule has 0 radical (unpaired) electrons. The second-order valence-electron chi connectivity index (χ2n) is 11.0.